The van der Waals surface area contributed by atoms with E-state index in [1.807, 2.05) is 36.4 Å². The third-order valence-electron chi connectivity index (χ3n) is 4.68. The van der Waals surface area contributed by atoms with E-state index in [0.717, 1.165) is 21.7 Å². The summed E-state index contributed by atoms with van der Waals surface area (Å²) in [4.78, 5) is 28.9. The monoisotopic (exact) mass is 360 g/mol. The van der Waals surface area contributed by atoms with Gasteiger partial charge >= 0.3 is 5.97 Å². The molecule has 136 valence electrons. The molecule has 0 radical (unpaired) electrons. The highest BCUT2D eigenvalue weighted by Crippen LogP contribution is 2.32. The van der Waals surface area contributed by atoms with Crippen molar-refractivity contribution in [3.8, 4) is 6.07 Å². The molecule has 0 saturated carbocycles. The highest BCUT2D eigenvalue weighted by molar-refractivity contribution is 6.09. The van der Waals surface area contributed by atoms with E-state index in [0.29, 0.717) is 11.3 Å². The van der Waals surface area contributed by atoms with Crippen molar-refractivity contribution in [3.63, 3.8) is 0 Å². The maximum atomic E-state index is 12.3. The number of nitrogens with zero attached hydrogens (tertiary/aromatic N) is 2. The number of fused-ring (bicyclic) bond motifs is 3. The molecule has 0 aliphatic carbocycles. The average molecular weight is 360 g/mol. The third kappa shape index (κ3) is 3.39. The van der Waals surface area contributed by atoms with Crippen LogP contribution < -0.4 is 0 Å². The molecule has 5 heteroatoms. The predicted molar refractivity (Wildman–Crippen MR) is 103 cm³/mol. The van der Waals surface area contributed by atoms with Gasteiger partial charge in [0.05, 0.1) is 23.9 Å². The number of pyridine rings is 1. The Kier molecular flexibility index (Phi) is 4.91. The minimum atomic E-state index is -1.34. The summed E-state index contributed by atoms with van der Waals surface area (Å²) in [6, 6.07) is 15.2. The molecule has 0 aliphatic heterocycles. The molecule has 0 amide bonds. The van der Waals surface area contributed by atoms with Gasteiger partial charge in [-0.1, -0.05) is 30.3 Å². The molecule has 0 saturated heterocycles. The van der Waals surface area contributed by atoms with Crippen LogP contribution >= 0.6 is 0 Å². The van der Waals surface area contributed by atoms with Crippen molar-refractivity contribution in [1.29, 1.82) is 5.26 Å². The first kappa shape index (κ1) is 18.5. The number of Topliss-reactive ketones (excluding diaryl/α,β-unsaturated/α-hetero) is 1. The largest absolute Gasteiger partial charge is 0.465 e. The molecule has 0 aliphatic rings. The zero-order valence-corrected chi connectivity index (χ0v) is 15.6. The van der Waals surface area contributed by atoms with Crippen molar-refractivity contribution in [2.45, 2.75) is 27.2 Å². The van der Waals surface area contributed by atoms with Gasteiger partial charge < -0.3 is 4.74 Å². The Balaban J connectivity index is 2.24. The predicted octanol–water partition coefficient (Wildman–Crippen LogP) is 4.23. The molecule has 0 bridgehead atoms. The molecule has 1 aromatic heterocycles. The zero-order chi connectivity index (χ0) is 19.6. The van der Waals surface area contributed by atoms with Gasteiger partial charge in [-0.15, -0.1) is 0 Å². The standard InChI is InChI=1S/C22H20N2O3/c1-4-27-21(26)22(3,13-23)12-20-17-10-9-15(14(2)25)11-18(17)16-7-5-6-8-19(16)24-20/h5-11H,4,12H2,1-3H3. The van der Waals surface area contributed by atoms with Crippen LogP contribution in [0.2, 0.25) is 0 Å². The maximum Gasteiger partial charge on any atom is 0.326 e. The number of aromatic nitrogens is 1. The second kappa shape index (κ2) is 7.16. The first-order chi connectivity index (χ1) is 12.9. The molecule has 1 atom stereocenters. The Morgan fingerprint density at radius 1 is 1.15 bits per heavy atom. The van der Waals surface area contributed by atoms with Gasteiger partial charge in [0.25, 0.3) is 0 Å². The Bertz CT molecular complexity index is 1100. The van der Waals surface area contributed by atoms with E-state index in [2.05, 4.69) is 6.07 Å². The van der Waals surface area contributed by atoms with Crippen LogP contribution in [0.3, 0.4) is 0 Å². The van der Waals surface area contributed by atoms with Gasteiger partial charge in [0.1, 0.15) is 0 Å². The molecule has 0 fully saturated rings. The number of carbonyl (C=O) groups is 2. The van der Waals surface area contributed by atoms with Crippen molar-refractivity contribution in [2.24, 2.45) is 5.41 Å². The molecule has 1 unspecified atom stereocenters. The van der Waals surface area contributed by atoms with Crippen LogP contribution in [-0.4, -0.2) is 23.3 Å². The number of hydrogen-bond acceptors (Lipinski definition) is 5. The Morgan fingerprint density at radius 2 is 1.89 bits per heavy atom. The molecule has 3 rings (SSSR count). The van der Waals surface area contributed by atoms with Crippen molar-refractivity contribution in [2.75, 3.05) is 6.61 Å². The fourth-order valence-corrected chi connectivity index (χ4v) is 3.16. The molecule has 0 spiro atoms. The van der Waals surface area contributed by atoms with E-state index in [1.54, 1.807) is 19.9 Å². The lowest BCUT2D eigenvalue weighted by atomic mass is 9.85. The molecule has 5 nitrogen and oxygen atoms in total. The lowest BCUT2D eigenvalue weighted by molar-refractivity contribution is -0.151. The summed E-state index contributed by atoms with van der Waals surface area (Å²) in [7, 11) is 0. The molecule has 3 aromatic rings. The number of carbonyl (C=O) groups excluding carboxylic acids is 2. The lowest BCUT2D eigenvalue weighted by Gasteiger charge is -2.20. The Hall–Kier alpha value is -3.26. The second-order valence-corrected chi connectivity index (χ2v) is 6.73. The van der Waals surface area contributed by atoms with Gasteiger partial charge in [-0.05, 0) is 38.3 Å². The van der Waals surface area contributed by atoms with Gasteiger partial charge in [0.15, 0.2) is 11.2 Å². The minimum absolute atomic E-state index is 0.0206. The van der Waals surface area contributed by atoms with E-state index in [-0.39, 0.29) is 18.8 Å². The van der Waals surface area contributed by atoms with Crippen LogP contribution in [0.1, 0.15) is 36.8 Å². The summed E-state index contributed by atoms with van der Waals surface area (Å²) >= 11 is 0. The van der Waals surface area contributed by atoms with E-state index in [4.69, 9.17) is 9.72 Å². The third-order valence-corrected chi connectivity index (χ3v) is 4.68. The van der Waals surface area contributed by atoms with Crippen molar-refractivity contribution in [1.82, 2.24) is 4.98 Å². The number of ketones is 1. The first-order valence-electron chi connectivity index (χ1n) is 8.80. The summed E-state index contributed by atoms with van der Waals surface area (Å²) < 4.78 is 5.09. The number of hydrogen-bond donors (Lipinski definition) is 0. The number of ether oxygens (including phenoxy) is 1. The maximum absolute atomic E-state index is 12.3. The Labute approximate surface area is 157 Å². The van der Waals surface area contributed by atoms with E-state index in [1.165, 1.54) is 6.92 Å². The number of esters is 1. The highest BCUT2D eigenvalue weighted by Gasteiger charge is 2.36. The molecule has 0 N–H and O–H groups in total. The molecule has 2 aromatic carbocycles. The van der Waals surface area contributed by atoms with Gasteiger partial charge in [-0.3, -0.25) is 14.6 Å². The van der Waals surface area contributed by atoms with Crippen LogP contribution in [0, 0.1) is 16.7 Å². The normalized spacial score (nSPS) is 13.1. The van der Waals surface area contributed by atoms with Gasteiger partial charge in [-0.25, -0.2) is 0 Å². The summed E-state index contributed by atoms with van der Waals surface area (Å²) in [5.74, 6) is -0.580. The number of benzene rings is 2. The van der Waals surface area contributed by atoms with E-state index in [9.17, 15) is 14.9 Å². The summed E-state index contributed by atoms with van der Waals surface area (Å²) in [6.45, 7) is 5.02. The van der Waals surface area contributed by atoms with Crippen LogP contribution in [0.15, 0.2) is 42.5 Å². The summed E-state index contributed by atoms with van der Waals surface area (Å²) in [5.41, 5.74) is 0.663. The number of para-hydroxylation sites is 1. The van der Waals surface area contributed by atoms with E-state index < -0.39 is 11.4 Å². The first-order valence-corrected chi connectivity index (χ1v) is 8.80. The average Bonchev–Trinajstić information content (AvgIpc) is 2.67. The van der Waals surface area contributed by atoms with Crippen LogP contribution in [0.5, 0.6) is 0 Å². The SMILES string of the molecule is CCOC(=O)C(C)(C#N)Cc1nc2ccccc2c2cc(C(C)=O)ccc12. The number of nitriles is 1. The van der Waals surface area contributed by atoms with Crippen molar-refractivity contribution in [3.05, 3.63) is 53.7 Å². The summed E-state index contributed by atoms with van der Waals surface area (Å²) in [6.07, 6.45) is 0.128. The van der Waals surface area contributed by atoms with Crippen LogP contribution in [-0.2, 0) is 16.0 Å². The quantitative estimate of drug-likeness (QED) is 0.386. The van der Waals surface area contributed by atoms with Crippen LogP contribution in [0.4, 0.5) is 0 Å². The molecular weight excluding hydrogens is 340 g/mol. The fraction of sp³-hybridized carbons (Fsp3) is 0.273. The zero-order valence-electron chi connectivity index (χ0n) is 15.6. The fourth-order valence-electron chi connectivity index (χ4n) is 3.16. The van der Waals surface area contributed by atoms with E-state index >= 15 is 0 Å². The number of rotatable bonds is 5. The smallest absolute Gasteiger partial charge is 0.326 e. The molecular formula is C22H20N2O3. The van der Waals surface area contributed by atoms with Gasteiger partial charge in [0.2, 0.25) is 0 Å². The minimum Gasteiger partial charge on any atom is -0.465 e. The second-order valence-electron chi connectivity index (χ2n) is 6.73. The van der Waals surface area contributed by atoms with Gasteiger partial charge in [-0.2, -0.15) is 5.26 Å². The lowest BCUT2D eigenvalue weighted by Crippen LogP contribution is -2.31. The van der Waals surface area contributed by atoms with Crippen molar-refractivity contribution >= 4 is 33.4 Å². The molecule has 1 heterocycles. The van der Waals surface area contributed by atoms with Crippen LogP contribution in [0.25, 0.3) is 21.7 Å². The van der Waals surface area contributed by atoms with Gasteiger partial charge in [0, 0.05) is 22.8 Å². The Morgan fingerprint density at radius 3 is 2.56 bits per heavy atom. The highest BCUT2D eigenvalue weighted by atomic mass is 16.5. The topological polar surface area (TPSA) is 80.1 Å². The van der Waals surface area contributed by atoms with Crippen molar-refractivity contribution < 1.29 is 14.3 Å². The molecule has 27 heavy (non-hydrogen) atoms. The summed E-state index contributed by atoms with van der Waals surface area (Å²) in [5, 5.41) is 12.3.